The summed E-state index contributed by atoms with van der Waals surface area (Å²) < 4.78 is 36.7. The monoisotopic (exact) mass is 368 g/mol. The fourth-order valence-corrected chi connectivity index (χ4v) is 3.69. The molecule has 3 heterocycles. The first-order chi connectivity index (χ1) is 11.9. The molecule has 1 amide bonds. The number of likely N-dealkylation sites (tertiary alicyclic amines) is 1. The Morgan fingerprint density at radius 3 is 3.00 bits per heavy atom. The van der Waals surface area contributed by atoms with E-state index < -0.39 is 22.3 Å². The van der Waals surface area contributed by atoms with Crippen molar-refractivity contribution in [2.24, 2.45) is 0 Å². The van der Waals surface area contributed by atoms with E-state index in [0.29, 0.717) is 13.0 Å². The van der Waals surface area contributed by atoms with Gasteiger partial charge in [-0.2, -0.15) is 13.5 Å². The molecule has 25 heavy (non-hydrogen) atoms. The topological polar surface area (TPSA) is 95.1 Å². The first-order valence-electron chi connectivity index (χ1n) is 7.78. The Morgan fingerprint density at radius 1 is 1.48 bits per heavy atom. The highest BCUT2D eigenvalue weighted by Crippen LogP contribution is 2.24. The number of aromatic nitrogens is 3. The zero-order valence-corrected chi connectivity index (χ0v) is 14.6. The maximum atomic E-state index is 12.3. The molecule has 0 spiro atoms. The molecule has 2 aromatic heterocycles. The number of carbonyl (C=O) groups is 1. The van der Waals surface area contributed by atoms with Gasteiger partial charge in [0.15, 0.2) is 0 Å². The maximum Gasteiger partial charge on any atom is 0.410 e. The summed E-state index contributed by atoms with van der Waals surface area (Å²) in [6.07, 6.45) is 7.14. The van der Waals surface area contributed by atoms with Crippen LogP contribution in [0.5, 0.6) is 0 Å². The minimum absolute atomic E-state index is 0.0933. The Morgan fingerprint density at radius 2 is 2.28 bits per heavy atom. The van der Waals surface area contributed by atoms with Gasteiger partial charge in [0.25, 0.3) is 10.1 Å². The number of rotatable bonds is 6. The molecular formula is C15H20N4O5S. The van der Waals surface area contributed by atoms with E-state index in [-0.39, 0.29) is 19.2 Å². The molecule has 3 rings (SSSR count). The molecule has 0 aromatic carbocycles. The van der Waals surface area contributed by atoms with Crippen LogP contribution in [-0.4, -0.2) is 65.1 Å². The number of carbonyl (C=O) groups excluding carboxylic acids is 1. The summed E-state index contributed by atoms with van der Waals surface area (Å²) in [6.45, 7) is 4.25. The van der Waals surface area contributed by atoms with Gasteiger partial charge in [-0.15, -0.1) is 0 Å². The molecule has 1 fully saturated rings. The van der Waals surface area contributed by atoms with Gasteiger partial charge >= 0.3 is 6.09 Å². The van der Waals surface area contributed by atoms with Crippen molar-refractivity contribution in [3.63, 3.8) is 0 Å². The summed E-state index contributed by atoms with van der Waals surface area (Å²) in [5.74, 6) is 0. The molecule has 2 aromatic rings. The van der Waals surface area contributed by atoms with Crippen LogP contribution in [0.25, 0.3) is 5.65 Å². The molecule has 1 saturated heterocycles. The highest BCUT2D eigenvalue weighted by Gasteiger charge is 2.38. The van der Waals surface area contributed by atoms with Crippen LogP contribution in [0.3, 0.4) is 0 Å². The molecular weight excluding hydrogens is 348 g/mol. The number of amides is 1. The Kier molecular flexibility index (Phi) is 4.82. The summed E-state index contributed by atoms with van der Waals surface area (Å²) in [7, 11) is -3.60. The van der Waals surface area contributed by atoms with Crippen LogP contribution >= 0.6 is 0 Å². The van der Waals surface area contributed by atoms with Crippen molar-refractivity contribution >= 4 is 21.9 Å². The van der Waals surface area contributed by atoms with Gasteiger partial charge in [-0.05, 0) is 6.42 Å². The van der Waals surface area contributed by atoms with E-state index in [1.807, 2.05) is 23.0 Å². The zero-order valence-electron chi connectivity index (χ0n) is 13.8. The van der Waals surface area contributed by atoms with Crippen molar-refractivity contribution in [3.05, 3.63) is 37.3 Å². The first kappa shape index (κ1) is 17.5. The molecule has 9 nitrogen and oxygen atoms in total. The quantitative estimate of drug-likeness (QED) is 0.555. The van der Waals surface area contributed by atoms with Crippen molar-refractivity contribution in [1.29, 1.82) is 0 Å². The SMILES string of the molecule is C=CCOC(=O)N1C[C@H](OS(C)(=O)=O)C[C@H]1Cn1ccn2nccc12. The normalized spacial score (nSPS) is 20.9. The second kappa shape index (κ2) is 6.89. The molecule has 10 heteroatoms. The summed E-state index contributed by atoms with van der Waals surface area (Å²) in [4.78, 5) is 13.8. The second-order valence-electron chi connectivity index (χ2n) is 5.91. The predicted molar refractivity (Wildman–Crippen MR) is 89.6 cm³/mol. The van der Waals surface area contributed by atoms with E-state index in [9.17, 15) is 13.2 Å². The lowest BCUT2D eigenvalue weighted by atomic mass is 10.2. The van der Waals surface area contributed by atoms with Gasteiger partial charge in [0, 0.05) is 25.0 Å². The third kappa shape index (κ3) is 4.02. The van der Waals surface area contributed by atoms with Crippen LogP contribution in [0.1, 0.15) is 6.42 Å². The van der Waals surface area contributed by atoms with Gasteiger partial charge in [0.1, 0.15) is 12.3 Å². The summed E-state index contributed by atoms with van der Waals surface area (Å²) in [5.41, 5.74) is 0.881. The van der Waals surface area contributed by atoms with Crippen molar-refractivity contribution in [2.45, 2.75) is 25.1 Å². The van der Waals surface area contributed by atoms with Gasteiger partial charge in [0.2, 0.25) is 0 Å². The van der Waals surface area contributed by atoms with E-state index in [0.717, 1.165) is 11.9 Å². The Hall–Kier alpha value is -2.33. The highest BCUT2D eigenvalue weighted by molar-refractivity contribution is 7.86. The number of fused-ring (bicyclic) bond motifs is 1. The summed E-state index contributed by atoms with van der Waals surface area (Å²) in [5, 5.41) is 4.15. The van der Waals surface area contributed by atoms with E-state index in [2.05, 4.69) is 11.7 Å². The van der Waals surface area contributed by atoms with Crippen LogP contribution in [0, 0.1) is 0 Å². The molecule has 136 valence electrons. The van der Waals surface area contributed by atoms with Crippen LogP contribution in [0.15, 0.2) is 37.3 Å². The molecule has 0 unspecified atom stereocenters. The van der Waals surface area contributed by atoms with Crippen LogP contribution < -0.4 is 0 Å². The van der Waals surface area contributed by atoms with E-state index in [1.54, 1.807) is 10.7 Å². The lowest BCUT2D eigenvalue weighted by Crippen LogP contribution is -2.38. The van der Waals surface area contributed by atoms with Crippen molar-refractivity contribution < 1.29 is 22.1 Å². The largest absolute Gasteiger partial charge is 0.445 e. The molecule has 0 bridgehead atoms. The molecule has 1 aliphatic rings. The zero-order chi connectivity index (χ0) is 18.0. The Balaban J connectivity index is 1.78. The second-order valence-corrected chi connectivity index (χ2v) is 7.52. The lowest BCUT2D eigenvalue weighted by Gasteiger charge is -2.23. The average Bonchev–Trinajstić information content (AvgIpc) is 3.21. The third-order valence-electron chi connectivity index (χ3n) is 3.99. The van der Waals surface area contributed by atoms with Crippen molar-refractivity contribution in [1.82, 2.24) is 19.1 Å². The van der Waals surface area contributed by atoms with Crippen molar-refractivity contribution in [2.75, 3.05) is 19.4 Å². The van der Waals surface area contributed by atoms with Crippen molar-refractivity contribution in [3.8, 4) is 0 Å². The number of hydrogen-bond donors (Lipinski definition) is 0. The van der Waals surface area contributed by atoms with Crippen LogP contribution in [0.2, 0.25) is 0 Å². The summed E-state index contributed by atoms with van der Waals surface area (Å²) in [6, 6.07) is 1.61. The number of imidazole rings is 1. The fourth-order valence-electron chi connectivity index (χ4n) is 3.05. The molecule has 1 aliphatic heterocycles. The Bertz CT molecular complexity index is 871. The number of hydrogen-bond acceptors (Lipinski definition) is 6. The van der Waals surface area contributed by atoms with Gasteiger partial charge in [-0.3, -0.25) is 4.18 Å². The van der Waals surface area contributed by atoms with Gasteiger partial charge in [-0.1, -0.05) is 12.7 Å². The third-order valence-corrected chi connectivity index (χ3v) is 4.61. The summed E-state index contributed by atoms with van der Waals surface area (Å²) >= 11 is 0. The van der Waals surface area contributed by atoms with E-state index in [4.69, 9.17) is 8.92 Å². The molecule has 0 N–H and O–H groups in total. The fraction of sp³-hybridized carbons (Fsp3) is 0.467. The van der Waals surface area contributed by atoms with Gasteiger partial charge < -0.3 is 14.2 Å². The molecule has 0 saturated carbocycles. The van der Waals surface area contributed by atoms with Crippen LogP contribution in [0.4, 0.5) is 4.79 Å². The average molecular weight is 368 g/mol. The van der Waals surface area contributed by atoms with E-state index in [1.165, 1.54) is 11.0 Å². The molecule has 0 radical (unpaired) electrons. The van der Waals surface area contributed by atoms with E-state index >= 15 is 0 Å². The van der Waals surface area contributed by atoms with Gasteiger partial charge in [-0.25, -0.2) is 9.31 Å². The number of nitrogens with zero attached hydrogens (tertiary/aromatic N) is 4. The molecule has 2 atom stereocenters. The minimum Gasteiger partial charge on any atom is -0.445 e. The standard InChI is InChI=1S/C15H20N4O5S/c1-3-8-23-15(20)18-11-13(24-25(2,21)22)9-12(18)10-17-6-7-19-14(17)4-5-16-19/h3-7,12-13H,1,8-11H2,2H3/t12-,13+/m0/s1. The predicted octanol–water partition coefficient (Wildman–Crippen LogP) is 0.877. The highest BCUT2D eigenvalue weighted by atomic mass is 32.2. The van der Waals surface area contributed by atoms with Crippen LogP contribution in [-0.2, 0) is 25.6 Å². The minimum atomic E-state index is -3.60. The number of ether oxygens (including phenoxy) is 1. The lowest BCUT2D eigenvalue weighted by molar-refractivity contribution is 0.102. The van der Waals surface area contributed by atoms with Gasteiger partial charge in [0.05, 0.1) is 31.1 Å². The Labute approximate surface area is 145 Å². The molecule has 0 aliphatic carbocycles. The smallest absolute Gasteiger partial charge is 0.410 e. The maximum absolute atomic E-state index is 12.3. The first-order valence-corrected chi connectivity index (χ1v) is 9.60.